The number of hydrogen-bond donors (Lipinski definition) is 1. The van der Waals surface area contributed by atoms with Crippen molar-refractivity contribution in [2.24, 2.45) is 0 Å². The number of aryl methyl sites for hydroxylation is 1. The van der Waals surface area contributed by atoms with Gasteiger partial charge in [-0.3, -0.25) is 4.79 Å². The third-order valence-corrected chi connectivity index (χ3v) is 3.08. The topological polar surface area (TPSA) is 43.3 Å². The molecule has 2 aromatic rings. The first-order chi connectivity index (χ1) is 9.72. The second-order valence-electron chi connectivity index (χ2n) is 4.65. The fraction of sp³-hybridized carbons (Fsp3) is 0.312. The molecule has 20 heavy (non-hydrogen) atoms. The van der Waals surface area contributed by atoms with E-state index < -0.39 is 0 Å². The van der Waals surface area contributed by atoms with Gasteiger partial charge < -0.3 is 14.6 Å². The quantitative estimate of drug-likeness (QED) is 0.879. The summed E-state index contributed by atoms with van der Waals surface area (Å²) in [4.78, 5) is 11.6. The lowest BCUT2D eigenvalue weighted by Crippen LogP contribution is -2.18. The first-order valence-corrected chi connectivity index (χ1v) is 6.80. The van der Waals surface area contributed by atoms with E-state index in [1.807, 2.05) is 36.5 Å². The summed E-state index contributed by atoms with van der Waals surface area (Å²) in [6.07, 6.45) is 2.81. The molecule has 0 aliphatic heterocycles. The Labute approximate surface area is 119 Å². The molecular formula is C16H20N2O2. The van der Waals surface area contributed by atoms with Gasteiger partial charge >= 0.3 is 0 Å². The number of methoxy groups -OCH3 is 1. The average molecular weight is 272 g/mol. The summed E-state index contributed by atoms with van der Waals surface area (Å²) in [5.74, 6) is 0.847. The summed E-state index contributed by atoms with van der Waals surface area (Å²) >= 11 is 0. The van der Waals surface area contributed by atoms with Crippen LogP contribution in [0.1, 0.15) is 18.9 Å². The molecule has 0 radical (unpaired) electrons. The largest absolute Gasteiger partial charge is 0.497 e. The second kappa shape index (κ2) is 6.80. The van der Waals surface area contributed by atoms with Gasteiger partial charge in [-0.1, -0.05) is 19.1 Å². The van der Waals surface area contributed by atoms with Crippen LogP contribution < -0.4 is 15.6 Å². The predicted octanol–water partition coefficient (Wildman–Crippen LogP) is 2.88. The number of anilines is 1. The smallest absolute Gasteiger partial charge is 0.250 e. The van der Waals surface area contributed by atoms with Gasteiger partial charge in [0.05, 0.1) is 12.8 Å². The van der Waals surface area contributed by atoms with Gasteiger partial charge in [-0.15, -0.1) is 0 Å². The molecule has 1 heterocycles. The normalized spacial score (nSPS) is 10.3. The molecule has 0 aliphatic rings. The predicted molar refractivity (Wildman–Crippen MR) is 81.3 cm³/mol. The number of aromatic nitrogens is 1. The highest BCUT2D eigenvalue weighted by Crippen LogP contribution is 2.14. The Morgan fingerprint density at radius 2 is 2.10 bits per heavy atom. The Morgan fingerprint density at radius 3 is 2.85 bits per heavy atom. The Kier molecular flexibility index (Phi) is 4.82. The molecule has 0 unspecified atom stereocenters. The molecule has 0 saturated carbocycles. The summed E-state index contributed by atoms with van der Waals surface area (Å²) in [6.45, 7) is 3.50. The van der Waals surface area contributed by atoms with Gasteiger partial charge in [0.25, 0.3) is 5.56 Å². The second-order valence-corrected chi connectivity index (χ2v) is 4.65. The van der Waals surface area contributed by atoms with Gasteiger partial charge in [0.2, 0.25) is 0 Å². The molecule has 106 valence electrons. The number of rotatable bonds is 6. The van der Waals surface area contributed by atoms with Crippen LogP contribution in [0.5, 0.6) is 5.75 Å². The molecular weight excluding hydrogens is 252 g/mol. The van der Waals surface area contributed by atoms with Gasteiger partial charge in [0, 0.05) is 25.4 Å². The van der Waals surface area contributed by atoms with E-state index in [9.17, 15) is 4.79 Å². The maximum Gasteiger partial charge on any atom is 0.250 e. The maximum atomic E-state index is 11.6. The van der Waals surface area contributed by atoms with E-state index in [4.69, 9.17) is 4.74 Å². The van der Waals surface area contributed by atoms with Crippen LogP contribution in [0.4, 0.5) is 5.69 Å². The Morgan fingerprint density at radius 1 is 1.25 bits per heavy atom. The minimum atomic E-state index is 0.0405. The van der Waals surface area contributed by atoms with E-state index in [0.717, 1.165) is 30.0 Å². The number of nitrogens with one attached hydrogen (secondary N) is 1. The summed E-state index contributed by atoms with van der Waals surface area (Å²) in [5, 5.41) is 3.32. The van der Waals surface area contributed by atoms with E-state index in [-0.39, 0.29) is 5.56 Å². The molecule has 1 aromatic heterocycles. The molecule has 4 heteroatoms. The van der Waals surface area contributed by atoms with Crippen LogP contribution >= 0.6 is 0 Å². The van der Waals surface area contributed by atoms with Gasteiger partial charge in [-0.05, 0) is 30.2 Å². The summed E-state index contributed by atoms with van der Waals surface area (Å²) < 4.78 is 6.93. The highest BCUT2D eigenvalue weighted by Gasteiger charge is 1.99. The van der Waals surface area contributed by atoms with Crippen LogP contribution in [-0.2, 0) is 13.1 Å². The van der Waals surface area contributed by atoms with Gasteiger partial charge in [-0.25, -0.2) is 0 Å². The van der Waals surface area contributed by atoms with Crippen LogP contribution in [0.2, 0.25) is 0 Å². The summed E-state index contributed by atoms with van der Waals surface area (Å²) in [6, 6.07) is 11.3. The molecule has 2 rings (SSSR count). The molecule has 0 aliphatic carbocycles. The van der Waals surface area contributed by atoms with Crippen molar-refractivity contribution in [3.05, 3.63) is 58.5 Å². The van der Waals surface area contributed by atoms with Crippen molar-refractivity contribution < 1.29 is 4.74 Å². The third-order valence-electron chi connectivity index (χ3n) is 3.08. The van der Waals surface area contributed by atoms with Crippen LogP contribution in [0.3, 0.4) is 0 Å². The third kappa shape index (κ3) is 3.63. The zero-order valence-electron chi connectivity index (χ0n) is 11.9. The number of ether oxygens (including phenoxy) is 1. The lowest BCUT2D eigenvalue weighted by molar-refractivity contribution is 0.414. The number of nitrogens with zero attached hydrogens (tertiary/aromatic N) is 1. The van der Waals surface area contributed by atoms with E-state index in [1.54, 1.807) is 17.7 Å². The van der Waals surface area contributed by atoms with Crippen molar-refractivity contribution in [2.45, 2.75) is 26.4 Å². The molecule has 0 amide bonds. The maximum absolute atomic E-state index is 11.6. The number of pyridine rings is 1. The molecule has 1 N–H and O–H groups in total. The van der Waals surface area contributed by atoms with Crippen LogP contribution in [0.15, 0.2) is 47.4 Å². The SMILES string of the molecule is CCCn1cc(NCc2cccc(OC)c2)ccc1=O. The Hall–Kier alpha value is -2.23. The first-order valence-electron chi connectivity index (χ1n) is 6.80. The minimum Gasteiger partial charge on any atom is -0.497 e. The van der Waals surface area contributed by atoms with Crippen molar-refractivity contribution in [1.82, 2.24) is 4.57 Å². The van der Waals surface area contributed by atoms with Gasteiger partial charge in [0.1, 0.15) is 5.75 Å². The molecule has 0 bridgehead atoms. The highest BCUT2D eigenvalue weighted by molar-refractivity contribution is 5.41. The first kappa shape index (κ1) is 14.2. The molecule has 4 nitrogen and oxygen atoms in total. The molecule has 0 saturated heterocycles. The Balaban J connectivity index is 2.06. The van der Waals surface area contributed by atoms with Crippen LogP contribution in [0, 0.1) is 0 Å². The Bertz CT molecular complexity index is 620. The van der Waals surface area contributed by atoms with Crippen molar-refractivity contribution in [1.29, 1.82) is 0 Å². The number of benzene rings is 1. The lowest BCUT2D eigenvalue weighted by Gasteiger charge is -2.10. The zero-order valence-corrected chi connectivity index (χ0v) is 11.9. The van der Waals surface area contributed by atoms with E-state index in [1.165, 1.54) is 0 Å². The summed E-state index contributed by atoms with van der Waals surface area (Å²) in [7, 11) is 1.66. The average Bonchev–Trinajstić information content (AvgIpc) is 2.48. The lowest BCUT2D eigenvalue weighted by atomic mass is 10.2. The zero-order chi connectivity index (χ0) is 14.4. The van der Waals surface area contributed by atoms with E-state index >= 15 is 0 Å². The fourth-order valence-corrected chi connectivity index (χ4v) is 2.04. The van der Waals surface area contributed by atoms with Gasteiger partial charge in [-0.2, -0.15) is 0 Å². The molecule has 0 spiro atoms. The van der Waals surface area contributed by atoms with Gasteiger partial charge in [0.15, 0.2) is 0 Å². The molecule has 1 aromatic carbocycles. The molecule has 0 fully saturated rings. The highest BCUT2D eigenvalue weighted by atomic mass is 16.5. The van der Waals surface area contributed by atoms with Crippen molar-refractivity contribution >= 4 is 5.69 Å². The monoisotopic (exact) mass is 272 g/mol. The number of hydrogen-bond acceptors (Lipinski definition) is 3. The fourth-order valence-electron chi connectivity index (χ4n) is 2.04. The molecule has 0 atom stereocenters. The summed E-state index contributed by atoms with van der Waals surface area (Å²) in [5.41, 5.74) is 2.12. The van der Waals surface area contributed by atoms with Crippen molar-refractivity contribution in [2.75, 3.05) is 12.4 Å². The van der Waals surface area contributed by atoms with E-state index in [0.29, 0.717) is 6.54 Å². The van der Waals surface area contributed by atoms with Crippen molar-refractivity contribution in [3.63, 3.8) is 0 Å². The standard InChI is InChI=1S/C16H20N2O2/c1-3-9-18-12-14(7-8-16(18)19)17-11-13-5-4-6-15(10-13)20-2/h4-8,10,12,17H,3,9,11H2,1-2H3. The van der Waals surface area contributed by atoms with Crippen molar-refractivity contribution in [3.8, 4) is 5.75 Å². The van der Waals surface area contributed by atoms with Crippen LogP contribution in [0.25, 0.3) is 0 Å². The van der Waals surface area contributed by atoms with E-state index in [2.05, 4.69) is 12.2 Å². The van der Waals surface area contributed by atoms with Crippen LogP contribution in [-0.4, -0.2) is 11.7 Å². The minimum absolute atomic E-state index is 0.0405.